The molecule has 0 N–H and O–H groups in total. The predicted octanol–water partition coefficient (Wildman–Crippen LogP) is 4.39. The van der Waals surface area contributed by atoms with Crippen molar-refractivity contribution in [1.82, 2.24) is 34.1 Å². The molecule has 0 spiro atoms. The molecule has 2 atom stereocenters. The van der Waals surface area contributed by atoms with Crippen LogP contribution in [0, 0.1) is 0 Å². The summed E-state index contributed by atoms with van der Waals surface area (Å²) in [6, 6.07) is 5.52. The molecule has 0 radical (unpaired) electrons. The van der Waals surface area contributed by atoms with Gasteiger partial charge in [-0.3, -0.25) is 4.98 Å². The zero-order chi connectivity index (χ0) is 25.0. The smallest absolute Gasteiger partial charge is 0.406 e. The first-order valence-electron chi connectivity index (χ1n) is 11.2. The van der Waals surface area contributed by atoms with Gasteiger partial charge in [0.2, 0.25) is 5.88 Å². The first-order chi connectivity index (χ1) is 17.3. The Balaban J connectivity index is 1.37. The van der Waals surface area contributed by atoms with Crippen molar-refractivity contribution >= 4 is 16.6 Å². The lowest BCUT2D eigenvalue weighted by molar-refractivity contribution is -0.139. The zero-order valence-corrected chi connectivity index (χ0v) is 19.3. The van der Waals surface area contributed by atoms with Gasteiger partial charge in [-0.1, -0.05) is 0 Å². The fourth-order valence-corrected chi connectivity index (χ4v) is 4.62. The zero-order valence-electron chi connectivity index (χ0n) is 19.3. The summed E-state index contributed by atoms with van der Waals surface area (Å²) < 4.78 is 52.5. The third-order valence-corrected chi connectivity index (χ3v) is 6.37. The minimum atomic E-state index is -4.30. The maximum Gasteiger partial charge on any atom is 0.406 e. The van der Waals surface area contributed by atoms with Crippen LogP contribution in [0.3, 0.4) is 0 Å². The van der Waals surface area contributed by atoms with Gasteiger partial charge in [0.15, 0.2) is 5.65 Å². The molecule has 5 aromatic heterocycles. The van der Waals surface area contributed by atoms with Gasteiger partial charge in [0.25, 0.3) is 0 Å². The summed E-state index contributed by atoms with van der Waals surface area (Å²) in [5.41, 5.74) is 4.13. The van der Waals surface area contributed by atoms with E-state index >= 15 is 0 Å². The summed E-state index contributed by atoms with van der Waals surface area (Å²) in [6.45, 7) is -1.04. The Morgan fingerprint density at radius 3 is 2.67 bits per heavy atom. The van der Waals surface area contributed by atoms with E-state index in [2.05, 4.69) is 25.0 Å². The van der Waals surface area contributed by atoms with Gasteiger partial charge in [0, 0.05) is 53.5 Å². The van der Waals surface area contributed by atoms with Crippen LogP contribution < -0.4 is 9.47 Å². The second kappa shape index (κ2) is 8.18. The molecule has 6 rings (SSSR count). The molecule has 9 nitrogen and oxygen atoms in total. The van der Waals surface area contributed by atoms with Crippen molar-refractivity contribution in [2.45, 2.75) is 31.0 Å². The van der Waals surface area contributed by atoms with E-state index in [9.17, 15) is 13.2 Å². The van der Waals surface area contributed by atoms with Gasteiger partial charge in [0.05, 0.1) is 31.0 Å². The van der Waals surface area contributed by atoms with Crippen LogP contribution >= 0.6 is 0 Å². The SMILES string of the molecule is COc1ncc(-c2cc(C3CC3c3cc4c(ccn4CC(F)(F)F)cn3)c3nccn3n2)c(OC)n1. The molecule has 5 aromatic rings. The summed E-state index contributed by atoms with van der Waals surface area (Å²) in [7, 11) is 2.98. The summed E-state index contributed by atoms with van der Waals surface area (Å²) in [6.07, 6.45) is 4.59. The van der Waals surface area contributed by atoms with E-state index in [-0.39, 0.29) is 17.8 Å². The van der Waals surface area contributed by atoms with Crippen molar-refractivity contribution in [2.24, 2.45) is 0 Å². The van der Waals surface area contributed by atoms with E-state index in [4.69, 9.17) is 9.47 Å². The molecule has 184 valence electrons. The highest BCUT2D eigenvalue weighted by molar-refractivity contribution is 5.80. The fourth-order valence-electron chi connectivity index (χ4n) is 4.62. The van der Waals surface area contributed by atoms with Crippen molar-refractivity contribution in [2.75, 3.05) is 14.2 Å². The van der Waals surface area contributed by atoms with Crippen LogP contribution in [0.15, 0.2) is 49.2 Å². The first kappa shape index (κ1) is 22.3. The van der Waals surface area contributed by atoms with E-state index in [0.29, 0.717) is 33.7 Å². The van der Waals surface area contributed by atoms with E-state index in [1.54, 1.807) is 41.4 Å². The largest absolute Gasteiger partial charge is 0.480 e. The normalized spacial score (nSPS) is 17.6. The average molecular weight is 495 g/mol. The second-order valence-electron chi connectivity index (χ2n) is 8.64. The van der Waals surface area contributed by atoms with E-state index < -0.39 is 12.7 Å². The van der Waals surface area contributed by atoms with Crippen LogP contribution in [0.4, 0.5) is 13.2 Å². The first-order valence-corrected chi connectivity index (χ1v) is 11.2. The monoisotopic (exact) mass is 495 g/mol. The maximum atomic E-state index is 13.0. The summed E-state index contributed by atoms with van der Waals surface area (Å²) in [5.74, 6) is 0.454. The average Bonchev–Trinajstić information content (AvgIpc) is 3.35. The molecule has 0 bridgehead atoms. The number of fused-ring (bicyclic) bond motifs is 2. The number of methoxy groups -OCH3 is 2. The van der Waals surface area contributed by atoms with Crippen LogP contribution in [0.1, 0.15) is 29.5 Å². The highest BCUT2D eigenvalue weighted by Gasteiger charge is 2.43. The lowest BCUT2D eigenvalue weighted by atomic mass is 10.1. The Morgan fingerprint density at radius 1 is 1.03 bits per heavy atom. The van der Waals surface area contributed by atoms with Gasteiger partial charge in [-0.15, -0.1) is 0 Å². The molecule has 0 aliphatic heterocycles. The minimum absolute atomic E-state index is 0.0494. The minimum Gasteiger partial charge on any atom is -0.480 e. The van der Waals surface area contributed by atoms with Crippen molar-refractivity contribution in [3.8, 4) is 23.1 Å². The molecule has 1 aliphatic carbocycles. The molecule has 36 heavy (non-hydrogen) atoms. The van der Waals surface area contributed by atoms with Crippen molar-refractivity contribution in [3.63, 3.8) is 0 Å². The number of rotatable bonds is 6. The quantitative estimate of drug-likeness (QED) is 0.345. The highest BCUT2D eigenvalue weighted by Crippen LogP contribution is 2.55. The number of hydrogen-bond donors (Lipinski definition) is 0. The molecular formula is C24H20F3N7O2. The summed E-state index contributed by atoms with van der Waals surface area (Å²) >= 11 is 0. The number of hydrogen-bond acceptors (Lipinski definition) is 7. The third kappa shape index (κ3) is 3.88. The number of ether oxygens (including phenoxy) is 2. The lowest BCUT2D eigenvalue weighted by Crippen LogP contribution is -2.16. The maximum absolute atomic E-state index is 13.0. The van der Waals surface area contributed by atoms with Gasteiger partial charge in [-0.05, 0) is 30.5 Å². The Kier molecular flexibility index (Phi) is 5.06. The second-order valence-corrected chi connectivity index (χ2v) is 8.64. The summed E-state index contributed by atoms with van der Waals surface area (Å²) in [5, 5.41) is 5.32. The fraction of sp³-hybridized carbons (Fsp3) is 0.292. The van der Waals surface area contributed by atoms with Crippen LogP contribution in [-0.4, -0.2) is 54.5 Å². The molecule has 0 aromatic carbocycles. The topological polar surface area (TPSA) is 92.2 Å². The van der Waals surface area contributed by atoms with Crippen molar-refractivity contribution in [3.05, 3.63) is 60.4 Å². The van der Waals surface area contributed by atoms with Gasteiger partial charge < -0.3 is 14.0 Å². The number of alkyl halides is 3. The van der Waals surface area contributed by atoms with Crippen LogP contribution in [-0.2, 0) is 6.54 Å². The van der Waals surface area contributed by atoms with E-state index in [1.165, 1.54) is 25.0 Å². The van der Waals surface area contributed by atoms with Crippen LogP contribution in [0.25, 0.3) is 27.8 Å². The number of halogens is 3. The Bertz CT molecular complexity index is 1590. The van der Waals surface area contributed by atoms with Gasteiger partial charge in [0.1, 0.15) is 6.54 Å². The van der Waals surface area contributed by atoms with Crippen LogP contribution in [0.5, 0.6) is 11.9 Å². The standard InChI is InChI=1S/C24H20F3N7O2/c1-35-22-17(11-30-23(31-22)36-2)19-8-16(21-28-4-6-34(21)32-19)14-7-15(14)18-9-20-13(10-29-18)3-5-33(20)12-24(25,26)27/h3-6,8-11,14-15H,7,12H2,1-2H3. The molecule has 1 saturated carbocycles. The molecule has 1 aliphatic rings. The van der Waals surface area contributed by atoms with Gasteiger partial charge >= 0.3 is 12.2 Å². The van der Waals surface area contributed by atoms with E-state index in [1.807, 2.05) is 6.07 Å². The molecule has 2 unspecified atom stereocenters. The van der Waals surface area contributed by atoms with E-state index in [0.717, 1.165) is 17.7 Å². The molecule has 5 heterocycles. The number of imidazole rings is 1. The number of aromatic nitrogens is 7. The lowest BCUT2D eigenvalue weighted by Gasteiger charge is -2.11. The van der Waals surface area contributed by atoms with Crippen LogP contribution in [0.2, 0.25) is 0 Å². The van der Waals surface area contributed by atoms with Crippen molar-refractivity contribution in [1.29, 1.82) is 0 Å². The Hall–Kier alpha value is -4.22. The van der Waals surface area contributed by atoms with Gasteiger partial charge in [-0.2, -0.15) is 23.3 Å². The number of pyridine rings is 1. The summed E-state index contributed by atoms with van der Waals surface area (Å²) in [4.78, 5) is 17.5. The molecule has 0 saturated heterocycles. The molecule has 12 heteroatoms. The third-order valence-electron chi connectivity index (χ3n) is 6.37. The Morgan fingerprint density at radius 2 is 1.89 bits per heavy atom. The predicted molar refractivity (Wildman–Crippen MR) is 123 cm³/mol. The molecule has 0 amide bonds. The highest BCUT2D eigenvalue weighted by atomic mass is 19.4. The Labute approximate surface area is 202 Å². The number of nitrogens with zero attached hydrogens (tertiary/aromatic N) is 7. The van der Waals surface area contributed by atoms with Gasteiger partial charge in [-0.25, -0.2) is 14.5 Å². The van der Waals surface area contributed by atoms with Crippen molar-refractivity contribution < 1.29 is 22.6 Å². The molecular weight excluding hydrogens is 475 g/mol. The molecule has 1 fully saturated rings.